The first kappa shape index (κ1) is 16.5. The van der Waals surface area contributed by atoms with Crippen molar-refractivity contribution in [3.05, 3.63) is 51.8 Å². The molecule has 2 aromatic rings. The highest BCUT2D eigenvalue weighted by molar-refractivity contribution is 6.30. The van der Waals surface area contributed by atoms with E-state index in [0.29, 0.717) is 12.5 Å². The van der Waals surface area contributed by atoms with Crippen molar-refractivity contribution in [1.29, 1.82) is 0 Å². The molecule has 0 bridgehead atoms. The van der Waals surface area contributed by atoms with Gasteiger partial charge in [0.15, 0.2) is 0 Å². The number of aromatic nitrogens is 2. The number of hydrogen-bond donors (Lipinski definition) is 1. The monoisotopic (exact) mass is 333 g/mol. The fourth-order valence-electron chi connectivity index (χ4n) is 3.51. The zero-order chi connectivity index (χ0) is 16.4. The van der Waals surface area contributed by atoms with Gasteiger partial charge in [0, 0.05) is 29.4 Å². The van der Waals surface area contributed by atoms with Gasteiger partial charge in [-0.15, -0.1) is 0 Å². The van der Waals surface area contributed by atoms with E-state index in [0.717, 1.165) is 30.4 Å². The first-order valence-corrected chi connectivity index (χ1v) is 8.58. The van der Waals surface area contributed by atoms with Crippen molar-refractivity contribution < 1.29 is 5.11 Å². The topological polar surface area (TPSA) is 41.3 Å². The average Bonchev–Trinajstić information content (AvgIpc) is 3.09. The van der Waals surface area contributed by atoms with Gasteiger partial charge in [-0.2, -0.15) is 5.10 Å². The fourth-order valence-corrected chi connectivity index (χ4v) is 3.71. The van der Waals surface area contributed by atoms with Crippen LogP contribution >= 0.6 is 11.6 Å². The normalized spacial score (nSPS) is 18.7. The van der Waals surface area contributed by atoms with E-state index in [2.05, 4.69) is 36.0 Å². The van der Waals surface area contributed by atoms with Crippen LogP contribution < -0.4 is 0 Å². The molecule has 0 saturated carbocycles. The molecule has 124 valence electrons. The van der Waals surface area contributed by atoms with Gasteiger partial charge in [0.2, 0.25) is 0 Å². The third-order valence-electron chi connectivity index (χ3n) is 4.82. The Kier molecular flexibility index (Phi) is 5.05. The Balaban J connectivity index is 1.69. The van der Waals surface area contributed by atoms with E-state index < -0.39 is 0 Å². The zero-order valence-corrected chi connectivity index (χ0v) is 14.6. The molecule has 0 amide bonds. The predicted molar refractivity (Wildman–Crippen MR) is 92.9 cm³/mol. The second kappa shape index (κ2) is 7.04. The van der Waals surface area contributed by atoms with Gasteiger partial charge in [-0.25, -0.2) is 0 Å². The van der Waals surface area contributed by atoms with Crippen LogP contribution in [0.5, 0.6) is 0 Å². The SMILES string of the molecule is Cc1nn(CCO)c(C)c1CN1CC[C@@H](c2cccc(Cl)c2)C1. The summed E-state index contributed by atoms with van der Waals surface area (Å²) in [6.07, 6.45) is 1.17. The molecular weight excluding hydrogens is 310 g/mol. The number of aliphatic hydroxyl groups is 1. The minimum Gasteiger partial charge on any atom is -0.394 e. The molecule has 23 heavy (non-hydrogen) atoms. The molecule has 1 aliphatic rings. The van der Waals surface area contributed by atoms with Crippen LogP contribution in [-0.2, 0) is 13.1 Å². The lowest BCUT2D eigenvalue weighted by atomic mass is 9.99. The molecule has 5 heteroatoms. The third kappa shape index (κ3) is 3.60. The molecule has 4 nitrogen and oxygen atoms in total. The van der Waals surface area contributed by atoms with E-state index in [1.165, 1.54) is 23.2 Å². The molecular formula is C18H24ClN3O. The molecule has 1 N–H and O–H groups in total. The Morgan fingerprint density at radius 1 is 1.35 bits per heavy atom. The van der Waals surface area contributed by atoms with E-state index in [-0.39, 0.29) is 6.61 Å². The molecule has 1 atom stereocenters. The molecule has 1 aliphatic heterocycles. The van der Waals surface area contributed by atoms with Crippen LogP contribution in [0.4, 0.5) is 0 Å². The fraction of sp³-hybridized carbons (Fsp3) is 0.500. The van der Waals surface area contributed by atoms with Gasteiger partial charge >= 0.3 is 0 Å². The van der Waals surface area contributed by atoms with Crippen LogP contribution in [0.2, 0.25) is 5.02 Å². The summed E-state index contributed by atoms with van der Waals surface area (Å²) in [5.74, 6) is 0.557. The number of likely N-dealkylation sites (tertiary alicyclic amines) is 1. The molecule has 1 saturated heterocycles. The van der Waals surface area contributed by atoms with Crippen molar-refractivity contribution in [1.82, 2.24) is 14.7 Å². The van der Waals surface area contributed by atoms with Gasteiger partial charge in [0.1, 0.15) is 0 Å². The first-order valence-electron chi connectivity index (χ1n) is 8.20. The Hall–Kier alpha value is -1.36. The maximum absolute atomic E-state index is 9.13. The Morgan fingerprint density at radius 2 is 2.17 bits per heavy atom. The maximum atomic E-state index is 9.13. The minimum absolute atomic E-state index is 0.127. The number of aryl methyl sites for hydroxylation is 1. The van der Waals surface area contributed by atoms with Crippen LogP contribution in [-0.4, -0.2) is 39.5 Å². The molecule has 1 aromatic heterocycles. The van der Waals surface area contributed by atoms with Crippen LogP contribution in [0.25, 0.3) is 0 Å². The molecule has 0 unspecified atom stereocenters. The second-order valence-corrected chi connectivity index (χ2v) is 6.81. The number of aliphatic hydroxyl groups excluding tert-OH is 1. The largest absolute Gasteiger partial charge is 0.394 e. The van der Waals surface area contributed by atoms with Crippen LogP contribution in [0, 0.1) is 13.8 Å². The lowest BCUT2D eigenvalue weighted by molar-refractivity contribution is 0.267. The van der Waals surface area contributed by atoms with E-state index in [1.54, 1.807) is 0 Å². The predicted octanol–water partition coefficient (Wildman–Crippen LogP) is 3.14. The smallest absolute Gasteiger partial charge is 0.0644 e. The van der Waals surface area contributed by atoms with Crippen molar-refractivity contribution in [2.75, 3.05) is 19.7 Å². The molecule has 1 aromatic carbocycles. The second-order valence-electron chi connectivity index (χ2n) is 6.37. The summed E-state index contributed by atoms with van der Waals surface area (Å²) in [4.78, 5) is 2.49. The highest BCUT2D eigenvalue weighted by Gasteiger charge is 2.25. The molecule has 2 heterocycles. The van der Waals surface area contributed by atoms with Gasteiger partial charge in [-0.05, 0) is 50.4 Å². The summed E-state index contributed by atoms with van der Waals surface area (Å²) < 4.78 is 1.91. The van der Waals surface area contributed by atoms with Crippen LogP contribution in [0.15, 0.2) is 24.3 Å². The number of nitrogens with zero attached hydrogens (tertiary/aromatic N) is 3. The van der Waals surface area contributed by atoms with Crippen molar-refractivity contribution in [2.24, 2.45) is 0 Å². The Morgan fingerprint density at radius 3 is 2.91 bits per heavy atom. The average molecular weight is 334 g/mol. The highest BCUT2D eigenvalue weighted by atomic mass is 35.5. The van der Waals surface area contributed by atoms with Crippen LogP contribution in [0.1, 0.15) is 34.9 Å². The number of hydrogen-bond acceptors (Lipinski definition) is 3. The lowest BCUT2D eigenvalue weighted by Crippen LogP contribution is -2.20. The zero-order valence-electron chi connectivity index (χ0n) is 13.8. The van der Waals surface area contributed by atoms with Crippen LogP contribution in [0.3, 0.4) is 0 Å². The quantitative estimate of drug-likeness (QED) is 0.914. The lowest BCUT2D eigenvalue weighted by Gasteiger charge is -2.17. The number of halogens is 1. The molecule has 1 fully saturated rings. The highest BCUT2D eigenvalue weighted by Crippen LogP contribution is 2.30. The van der Waals surface area contributed by atoms with Crippen molar-refractivity contribution in [2.45, 2.75) is 39.3 Å². The summed E-state index contributed by atoms with van der Waals surface area (Å²) in [6.45, 7) is 7.93. The Bertz CT molecular complexity index is 683. The molecule has 0 spiro atoms. The van der Waals surface area contributed by atoms with Gasteiger partial charge in [-0.1, -0.05) is 23.7 Å². The minimum atomic E-state index is 0.127. The van der Waals surface area contributed by atoms with Gasteiger partial charge in [-0.3, -0.25) is 9.58 Å². The summed E-state index contributed by atoms with van der Waals surface area (Å²) in [5, 5.41) is 14.5. The summed E-state index contributed by atoms with van der Waals surface area (Å²) in [6, 6.07) is 8.23. The molecule has 0 aliphatic carbocycles. The van der Waals surface area contributed by atoms with Gasteiger partial charge in [0.25, 0.3) is 0 Å². The van der Waals surface area contributed by atoms with Crippen molar-refractivity contribution in [3.63, 3.8) is 0 Å². The summed E-state index contributed by atoms with van der Waals surface area (Å²) in [7, 11) is 0. The van der Waals surface area contributed by atoms with Crippen molar-refractivity contribution in [3.8, 4) is 0 Å². The number of benzene rings is 1. The summed E-state index contributed by atoms with van der Waals surface area (Å²) in [5.41, 5.74) is 4.87. The van der Waals surface area contributed by atoms with E-state index in [1.807, 2.05) is 16.8 Å². The van der Waals surface area contributed by atoms with Crippen molar-refractivity contribution >= 4 is 11.6 Å². The molecule has 0 radical (unpaired) electrons. The third-order valence-corrected chi connectivity index (χ3v) is 5.05. The first-order chi connectivity index (χ1) is 11.1. The Labute approximate surface area is 142 Å². The molecule has 3 rings (SSSR count). The van der Waals surface area contributed by atoms with E-state index >= 15 is 0 Å². The maximum Gasteiger partial charge on any atom is 0.0644 e. The summed E-state index contributed by atoms with van der Waals surface area (Å²) >= 11 is 6.12. The number of rotatable bonds is 5. The van der Waals surface area contributed by atoms with Gasteiger partial charge in [0.05, 0.1) is 18.8 Å². The van der Waals surface area contributed by atoms with E-state index in [9.17, 15) is 0 Å². The standard InChI is InChI=1S/C18H24ClN3O/c1-13-18(14(2)22(20-13)8-9-23)12-21-7-6-16(11-21)15-4-3-5-17(19)10-15/h3-5,10,16,23H,6-9,11-12H2,1-2H3/t16-/m1/s1. The van der Waals surface area contributed by atoms with Gasteiger partial charge < -0.3 is 5.11 Å². The van der Waals surface area contributed by atoms with E-state index in [4.69, 9.17) is 16.7 Å².